The summed E-state index contributed by atoms with van der Waals surface area (Å²) in [5.41, 5.74) is 22.8. The molecule has 2 aromatic carbocycles. The number of benzene rings is 2. The molecule has 0 radical (unpaired) electrons. The van der Waals surface area contributed by atoms with Crippen molar-refractivity contribution < 1.29 is 107 Å². The Morgan fingerprint density at radius 1 is 0.398 bits per heavy atom. The third kappa shape index (κ3) is 41.5. The quantitative estimate of drug-likeness (QED) is 0.0167. The molecule has 624 valence electrons. The first-order chi connectivity index (χ1) is 53.6. The Bertz CT molecular complexity index is 3610. The van der Waals surface area contributed by atoms with Crippen molar-refractivity contribution in [2.75, 3.05) is 98.7 Å². The fourth-order valence-corrected chi connectivity index (χ4v) is 11.3. The van der Waals surface area contributed by atoms with E-state index >= 15 is 0 Å². The van der Waals surface area contributed by atoms with E-state index in [9.17, 15) is 96.8 Å². The number of aliphatic imine (C=N–C) groups is 2. The van der Waals surface area contributed by atoms with E-state index in [1.807, 2.05) is 6.92 Å². The molecule has 0 aliphatic carbocycles. The van der Waals surface area contributed by atoms with E-state index in [1.165, 1.54) is 14.7 Å². The normalized spacial score (nSPS) is 19.5. The molecule has 0 bridgehead atoms. The maximum absolute atomic E-state index is 13.9. The first-order valence-electron chi connectivity index (χ1n) is 36.5. The number of carboxylic acid groups (broad SMARTS) is 5. The first kappa shape index (κ1) is 95.1. The van der Waals surface area contributed by atoms with Crippen molar-refractivity contribution >= 4 is 113 Å². The Balaban J connectivity index is 0.000000587. The molecule has 12 amide bonds. The number of carbonyl (C=O) groups excluding carboxylic acids is 12. The van der Waals surface area contributed by atoms with Crippen molar-refractivity contribution in [3.8, 4) is 0 Å². The number of nitrogens with two attached hydrogens (primary N) is 4. The molecule has 43 heteroatoms. The van der Waals surface area contributed by atoms with Crippen LogP contribution in [0.4, 0.5) is 0 Å². The van der Waals surface area contributed by atoms with Crippen molar-refractivity contribution in [2.45, 2.75) is 152 Å². The van der Waals surface area contributed by atoms with E-state index in [4.69, 9.17) is 33.1 Å². The Morgan fingerprint density at radius 3 is 1.07 bits per heavy atom. The second kappa shape index (κ2) is 52.1. The molecule has 25 N–H and O–H groups in total. The van der Waals surface area contributed by atoms with Gasteiger partial charge in [-0.25, -0.2) is 0 Å². The van der Waals surface area contributed by atoms with Gasteiger partial charge in [0.1, 0.15) is 48.3 Å². The molecule has 8 atom stereocenters. The average molecular weight is 1590 g/mol. The maximum atomic E-state index is 13.9. The number of unbranched alkanes of at least 4 members (excludes halogenated alkanes) is 2. The molecular formula is C70H107N21O22. The van der Waals surface area contributed by atoms with Crippen molar-refractivity contribution in [1.29, 1.82) is 0 Å². The SMILES string of the molecule is CCCN(CC(=O)O)CC(=O)NCCCC[C@@H]1NC(=O)[C@@H](Cc2ccccc2)NC(=O)[C@H](CC(=O)O)NC(=O)CNC(=O)C(CCCN=C(N)N)NC1=O.CN(CCN(CC(=O)O)CC(=O)NCCCC[C@@H]1NC(=O)[C@@H](Cc2ccccc2)NC(=O)[C@H](CC(=O)O)NC(=O)CNC(=O)[C@H](CCCN=C(N)N)NC1=O)CC(=O)O. The number of guanidine groups is 2. The van der Waals surface area contributed by atoms with Crippen LogP contribution < -0.4 is 86.7 Å². The average Bonchev–Trinajstić information content (AvgIpc) is 1.82. The molecule has 0 saturated carbocycles. The minimum Gasteiger partial charge on any atom is -0.481 e. The lowest BCUT2D eigenvalue weighted by molar-refractivity contribution is -0.141. The van der Waals surface area contributed by atoms with Crippen LogP contribution in [0, 0.1) is 0 Å². The zero-order valence-electron chi connectivity index (χ0n) is 63.1. The van der Waals surface area contributed by atoms with Gasteiger partial charge in [0.15, 0.2) is 11.9 Å². The van der Waals surface area contributed by atoms with Gasteiger partial charge < -0.3 is 112 Å². The van der Waals surface area contributed by atoms with Crippen LogP contribution in [0.1, 0.15) is 102 Å². The van der Waals surface area contributed by atoms with Gasteiger partial charge in [0.2, 0.25) is 70.9 Å². The Labute approximate surface area is 650 Å². The highest BCUT2D eigenvalue weighted by Gasteiger charge is 2.36. The molecule has 1 unspecified atom stereocenters. The molecule has 2 aromatic rings. The Hall–Kier alpha value is -12.1. The van der Waals surface area contributed by atoms with E-state index in [2.05, 4.69) is 73.8 Å². The van der Waals surface area contributed by atoms with E-state index in [1.54, 1.807) is 67.7 Å². The smallest absolute Gasteiger partial charge is 0.317 e. The highest BCUT2D eigenvalue weighted by atomic mass is 16.4. The number of likely N-dealkylation sites (N-methyl/N-ethyl adjacent to an activating group) is 1. The van der Waals surface area contributed by atoms with E-state index < -0.39 is 176 Å². The number of amides is 12. The molecule has 43 nitrogen and oxygen atoms in total. The lowest BCUT2D eigenvalue weighted by Gasteiger charge is -2.26. The lowest BCUT2D eigenvalue weighted by Crippen LogP contribution is -2.58. The lowest BCUT2D eigenvalue weighted by atomic mass is 10.0. The minimum atomic E-state index is -1.64. The number of aliphatic carboxylic acids is 5. The van der Waals surface area contributed by atoms with Crippen molar-refractivity contribution in [2.24, 2.45) is 32.9 Å². The molecule has 2 aliphatic heterocycles. The predicted octanol–water partition coefficient (Wildman–Crippen LogP) is -7.57. The monoisotopic (exact) mass is 1590 g/mol. The number of hydrogen-bond acceptors (Lipinski definition) is 22. The summed E-state index contributed by atoms with van der Waals surface area (Å²) in [5, 5.41) is 76.5. The number of rotatable bonds is 41. The van der Waals surface area contributed by atoms with Gasteiger partial charge in [0, 0.05) is 52.1 Å². The summed E-state index contributed by atoms with van der Waals surface area (Å²) < 4.78 is 0. The van der Waals surface area contributed by atoms with Gasteiger partial charge in [-0.1, -0.05) is 67.6 Å². The largest absolute Gasteiger partial charge is 0.481 e. The molecule has 2 heterocycles. The van der Waals surface area contributed by atoms with E-state index in [-0.39, 0.29) is 147 Å². The predicted molar refractivity (Wildman–Crippen MR) is 403 cm³/mol. The van der Waals surface area contributed by atoms with Gasteiger partial charge in [-0.2, -0.15) is 0 Å². The van der Waals surface area contributed by atoms with Gasteiger partial charge in [-0.15, -0.1) is 0 Å². The fourth-order valence-electron chi connectivity index (χ4n) is 11.3. The third-order valence-corrected chi connectivity index (χ3v) is 16.8. The molecule has 0 aromatic heterocycles. The first-order valence-corrected chi connectivity index (χ1v) is 36.5. The highest BCUT2D eigenvalue weighted by Crippen LogP contribution is 2.13. The zero-order valence-corrected chi connectivity index (χ0v) is 63.1. The molecule has 113 heavy (non-hydrogen) atoms. The summed E-state index contributed by atoms with van der Waals surface area (Å²) in [4.78, 5) is 228. The number of nitrogens with zero attached hydrogens (tertiary/aromatic N) is 5. The van der Waals surface area contributed by atoms with Gasteiger partial charge >= 0.3 is 29.8 Å². The molecule has 4 rings (SSSR count). The Kier molecular flexibility index (Phi) is 43.8. The molecule has 0 spiro atoms. The van der Waals surface area contributed by atoms with Gasteiger partial charge in [0.05, 0.1) is 58.7 Å². The van der Waals surface area contributed by atoms with Crippen molar-refractivity contribution in [3.63, 3.8) is 0 Å². The van der Waals surface area contributed by atoms with Crippen LogP contribution in [-0.4, -0.2) is 300 Å². The molecule has 2 aliphatic rings. The number of carbonyl (C=O) groups is 17. The Morgan fingerprint density at radius 2 is 0.726 bits per heavy atom. The zero-order chi connectivity index (χ0) is 84.0. The molecular weight excluding hydrogens is 1490 g/mol. The summed E-state index contributed by atoms with van der Waals surface area (Å²) in [5.74, 6) is -15.9. The highest BCUT2D eigenvalue weighted by molar-refractivity contribution is 6.00. The van der Waals surface area contributed by atoms with Crippen LogP contribution in [0.2, 0.25) is 0 Å². The van der Waals surface area contributed by atoms with Crippen LogP contribution in [0.25, 0.3) is 0 Å². The van der Waals surface area contributed by atoms with Crippen LogP contribution in [0.5, 0.6) is 0 Å². The van der Waals surface area contributed by atoms with Crippen LogP contribution in [0.15, 0.2) is 70.6 Å². The summed E-state index contributed by atoms with van der Waals surface area (Å²) in [6, 6.07) is 6.18. The summed E-state index contributed by atoms with van der Waals surface area (Å²) in [6.07, 6.45) is 0.471. The van der Waals surface area contributed by atoms with Crippen molar-refractivity contribution in [3.05, 3.63) is 71.8 Å². The second-order valence-electron chi connectivity index (χ2n) is 26.5. The summed E-state index contributed by atoms with van der Waals surface area (Å²) in [6.45, 7) is 0.300. The minimum absolute atomic E-state index is 0.00424. The number of carboxylic acids is 5. The van der Waals surface area contributed by atoms with Crippen LogP contribution >= 0.6 is 0 Å². The fraction of sp³-hybridized carbons (Fsp3) is 0.557. The van der Waals surface area contributed by atoms with Gasteiger partial charge in [-0.05, 0) is 95.3 Å². The van der Waals surface area contributed by atoms with Gasteiger partial charge in [0.25, 0.3) is 0 Å². The van der Waals surface area contributed by atoms with Crippen LogP contribution in [0.3, 0.4) is 0 Å². The van der Waals surface area contributed by atoms with E-state index in [0.29, 0.717) is 36.9 Å². The topological polar surface area (TPSA) is 674 Å². The summed E-state index contributed by atoms with van der Waals surface area (Å²) in [7, 11) is 1.54. The standard InChI is InChI=1S/C36H55N11O12.C34H52N10O10/c1-46(20-30(52)53)14-15-47(21-31(54)55)19-28(49)39-12-6-5-10-24-33(57)43-23(11-7-13-40-36(37)38)32(56)41-18-27(48)42-26(17-29(50)51)35(59)45-25(34(58)44-24)16-22-8-3-2-4-9-22;1-2-15-44(20-29(49)50)19-27(46)37-13-7-6-11-23-31(52)41-22(12-8-14-38-34(35)36)30(51)39-18-26(45)40-25(17-28(47)48)33(54)43-24(32(53)42-23)16-21-9-4-3-5-10-21/h2-4,8-9,23-26H,5-7,10-21H2,1H3,(H,39,49)(H,41,56)(H,42,48)(H,43,57)(H,44,58)(H,45,59)(H,50,51)(H,52,53)(H,54,55)(H4,37,38,40);3-5,9-10,22-25H,2,6-8,11-20H2,1H3,(H,37,46)(H,39,51)(H,40,45)(H,41,52)(H,42,53)(H,43,54)(H,47,48)(H,49,50)(H4,35,36,38)/t23-,24-,25+,26-;22?,23-,24+,25-/m00/s1. The molecule has 2 saturated heterocycles. The van der Waals surface area contributed by atoms with E-state index in [0.717, 1.165) is 0 Å². The molecule has 2 fully saturated rings. The number of hydrogen-bond donors (Lipinski definition) is 21. The third-order valence-electron chi connectivity index (χ3n) is 16.8. The maximum Gasteiger partial charge on any atom is 0.317 e. The number of nitrogens with one attached hydrogen (secondary N) is 12. The van der Waals surface area contributed by atoms with Gasteiger partial charge in [-0.3, -0.25) is 106 Å². The second-order valence-corrected chi connectivity index (χ2v) is 26.5. The van der Waals surface area contributed by atoms with Crippen LogP contribution in [-0.2, 0) is 94.3 Å². The van der Waals surface area contributed by atoms with Crippen molar-refractivity contribution in [1.82, 2.24) is 78.5 Å². The summed E-state index contributed by atoms with van der Waals surface area (Å²) >= 11 is 0.